The van der Waals surface area contributed by atoms with Crippen molar-refractivity contribution in [3.05, 3.63) is 35.9 Å². The third kappa shape index (κ3) is 4.38. The molecule has 0 aliphatic carbocycles. The summed E-state index contributed by atoms with van der Waals surface area (Å²) in [6.07, 6.45) is 0. The summed E-state index contributed by atoms with van der Waals surface area (Å²) >= 11 is 0. The van der Waals surface area contributed by atoms with Gasteiger partial charge in [-0.3, -0.25) is 14.4 Å². The molecule has 1 aromatic rings. The number of piperazine rings is 1. The van der Waals surface area contributed by atoms with Gasteiger partial charge in [0.2, 0.25) is 5.91 Å². The van der Waals surface area contributed by atoms with Crippen molar-refractivity contribution >= 4 is 17.7 Å². The van der Waals surface area contributed by atoms with Gasteiger partial charge >= 0.3 is 11.8 Å². The molecule has 0 aromatic heterocycles. The summed E-state index contributed by atoms with van der Waals surface area (Å²) in [5, 5.41) is 2.61. The largest absolute Gasteiger partial charge is 0.346 e. The number of nitrogens with one attached hydrogen (secondary N) is 1. The van der Waals surface area contributed by atoms with Gasteiger partial charge in [-0.15, -0.1) is 0 Å². The Morgan fingerprint density at radius 3 is 2.00 bits per heavy atom. The maximum absolute atomic E-state index is 12.9. The molecular weight excluding hydrogens is 318 g/mol. The van der Waals surface area contributed by atoms with E-state index >= 15 is 0 Å². The first kappa shape index (κ1) is 19.0. The summed E-state index contributed by atoms with van der Waals surface area (Å²) in [5.74, 6) is -1.07. The van der Waals surface area contributed by atoms with Crippen LogP contribution < -0.4 is 5.32 Å². The van der Waals surface area contributed by atoms with Gasteiger partial charge in [0.05, 0.1) is 5.41 Å². The Labute approximate surface area is 149 Å². The molecule has 0 saturated carbocycles. The van der Waals surface area contributed by atoms with Gasteiger partial charge in [-0.25, -0.2) is 0 Å². The average molecular weight is 345 g/mol. The van der Waals surface area contributed by atoms with Crippen molar-refractivity contribution in [3.63, 3.8) is 0 Å². The van der Waals surface area contributed by atoms with Crippen molar-refractivity contribution in [2.45, 2.75) is 39.2 Å². The molecule has 0 atom stereocenters. The van der Waals surface area contributed by atoms with Crippen molar-refractivity contribution in [2.24, 2.45) is 0 Å². The fraction of sp³-hybridized carbons (Fsp3) is 0.526. The van der Waals surface area contributed by atoms with E-state index in [2.05, 4.69) is 5.32 Å². The van der Waals surface area contributed by atoms with Gasteiger partial charge in [0, 0.05) is 32.2 Å². The van der Waals surface area contributed by atoms with E-state index in [1.54, 1.807) is 4.90 Å². The fourth-order valence-electron chi connectivity index (χ4n) is 2.95. The van der Waals surface area contributed by atoms with E-state index in [4.69, 9.17) is 0 Å². The number of amides is 3. The molecule has 1 aromatic carbocycles. The van der Waals surface area contributed by atoms with E-state index in [0.29, 0.717) is 26.2 Å². The van der Waals surface area contributed by atoms with E-state index < -0.39 is 17.2 Å². The minimum absolute atomic E-state index is 0.0393. The Balaban J connectivity index is 1.96. The average Bonchev–Trinajstić information content (AvgIpc) is 2.60. The summed E-state index contributed by atoms with van der Waals surface area (Å²) in [4.78, 5) is 40.2. The van der Waals surface area contributed by atoms with Crippen LogP contribution in [0.1, 0.15) is 33.3 Å². The van der Waals surface area contributed by atoms with Crippen LogP contribution in [0.15, 0.2) is 30.3 Å². The van der Waals surface area contributed by atoms with E-state index in [0.717, 1.165) is 5.56 Å². The molecule has 0 radical (unpaired) electrons. The summed E-state index contributed by atoms with van der Waals surface area (Å²) in [6, 6.07) is 9.60. The Bertz CT molecular complexity index is 633. The molecule has 1 saturated heterocycles. The molecule has 1 aliphatic rings. The molecule has 3 amide bonds. The molecule has 2 rings (SSSR count). The lowest BCUT2D eigenvalue weighted by atomic mass is 9.83. The third-order valence-electron chi connectivity index (χ3n) is 4.50. The van der Waals surface area contributed by atoms with E-state index in [1.165, 1.54) is 4.90 Å². The van der Waals surface area contributed by atoms with Crippen molar-refractivity contribution in [1.82, 2.24) is 15.1 Å². The fourth-order valence-corrected chi connectivity index (χ4v) is 2.95. The van der Waals surface area contributed by atoms with Crippen LogP contribution in [-0.4, -0.2) is 59.7 Å². The van der Waals surface area contributed by atoms with Crippen molar-refractivity contribution < 1.29 is 14.4 Å². The molecule has 6 heteroatoms. The first-order valence-corrected chi connectivity index (χ1v) is 8.68. The molecule has 0 bridgehead atoms. The molecule has 136 valence electrons. The molecule has 6 nitrogen and oxygen atoms in total. The summed E-state index contributed by atoms with van der Waals surface area (Å²) in [7, 11) is 0. The second kappa shape index (κ2) is 7.68. The van der Waals surface area contributed by atoms with Gasteiger partial charge in [0.1, 0.15) is 0 Å². The topological polar surface area (TPSA) is 69.7 Å². The van der Waals surface area contributed by atoms with Crippen LogP contribution in [0.2, 0.25) is 0 Å². The first-order valence-electron chi connectivity index (χ1n) is 8.68. The zero-order valence-corrected chi connectivity index (χ0v) is 15.4. The predicted molar refractivity (Wildman–Crippen MR) is 95.9 cm³/mol. The number of benzene rings is 1. The third-order valence-corrected chi connectivity index (χ3v) is 4.50. The monoisotopic (exact) mass is 345 g/mol. The van der Waals surface area contributed by atoms with E-state index in [-0.39, 0.29) is 11.9 Å². The molecule has 25 heavy (non-hydrogen) atoms. The highest BCUT2D eigenvalue weighted by molar-refractivity contribution is 6.35. The van der Waals surface area contributed by atoms with Crippen LogP contribution >= 0.6 is 0 Å². The molecule has 1 fully saturated rings. The van der Waals surface area contributed by atoms with Crippen LogP contribution in [0.5, 0.6) is 0 Å². The molecular formula is C19H27N3O3. The second-order valence-corrected chi connectivity index (χ2v) is 7.20. The quantitative estimate of drug-likeness (QED) is 0.836. The molecule has 1 aliphatic heterocycles. The number of hydrogen-bond acceptors (Lipinski definition) is 3. The van der Waals surface area contributed by atoms with Gasteiger partial charge in [-0.1, -0.05) is 30.3 Å². The maximum atomic E-state index is 12.9. The zero-order chi connectivity index (χ0) is 18.6. The summed E-state index contributed by atoms with van der Waals surface area (Å²) in [6.45, 7) is 9.09. The lowest BCUT2D eigenvalue weighted by molar-refractivity contribution is -0.149. The molecule has 0 unspecified atom stereocenters. The normalized spacial score (nSPS) is 15.2. The van der Waals surface area contributed by atoms with Crippen LogP contribution in [0, 0.1) is 0 Å². The Morgan fingerprint density at radius 2 is 1.48 bits per heavy atom. The van der Waals surface area contributed by atoms with Gasteiger partial charge in [-0.2, -0.15) is 0 Å². The highest BCUT2D eigenvalue weighted by atomic mass is 16.2. The first-order chi connectivity index (χ1) is 11.7. The van der Waals surface area contributed by atoms with Gasteiger partial charge in [0.25, 0.3) is 0 Å². The Hall–Kier alpha value is -2.37. The standard InChI is InChI=1S/C19H27N3O3/c1-14(2)20-16(23)17(24)21-10-12-22(13-11-21)18(25)19(3,4)15-8-6-5-7-9-15/h5-9,14H,10-13H2,1-4H3,(H,20,23). The maximum Gasteiger partial charge on any atom is 0.312 e. The van der Waals surface area contributed by atoms with Gasteiger partial charge < -0.3 is 15.1 Å². The van der Waals surface area contributed by atoms with Crippen LogP contribution in [0.4, 0.5) is 0 Å². The molecule has 1 N–H and O–H groups in total. The second-order valence-electron chi connectivity index (χ2n) is 7.20. The zero-order valence-electron chi connectivity index (χ0n) is 15.4. The number of carbonyl (C=O) groups is 3. The number of rotatable bonds is 3. The van der Waals surface area contributed by atoms with Crippen molar-refractivity contribution in [3.8, 4) is 0 Å². The highest BCUT2D eigenvalue weighted by Crippen LogP contribution is 2.26. The van der Waals surface area contributed by atoms with Gasteiger partial charge in [-0.05, 0) is 33.3 Å². The Morgan fingerprint density at radius 1 is 0.960 bits per heavy atom. The predicted octanol–water partition coefficient (Wildman–Crippen LogP) is 1.16. The summed E-state index contributed by atoms with van der Waals surface area (Å²) in [5.41, 5.74) is 0.345. The Kier molecular flexibility index (Phi) is 5.82. The van der Waals surface area contributed by atoms with E-state index in [9.17, 15) is 14.4 Å². The minimum Gasteiger partial charge on any atom is -0.346 e. The molecule has 0 spiro atoms. The molecule has 1 heterocycles. The minimum atomic E-state index is -0.623. The highest BCUT2D eigenvalue weighted by Gasteiger charge is 2.36. The lowest BCUT2D eigenvalue weighted by Crippen LogP contribution is -2.56. The number of hydrogen-bond donors (Lipinski definition) is 1. The smallest absolute Gasteiger partial charge is 0.312 e. The van der Waals surface area contributed by atoms with Crippen LogP contribution in [-0.2, 0) is 19.8 Å². The van der Waals surface area contributed by atoms with Gasteiger partial charge in [0.15, 0.2) is 0 Å². The van der Waals surface area contributed by atoms with Crippen molar-refractivity contribution in [2.75, 3.05) is 26.2 Å². The lowest BCUT2D eigenvalue weighted by Gasteiger charge is -2.38. The van der Waals surface area contributed by atoms with Crippen molar-refractivity contribution in [1.29, 1.82) is 0 Å². The van der Waals surface area contributed by atoms with Crippen LogP contribution in [0.25, 0.3) is 0 Å². The van der Waals surface area contributed by atoms with E-state index in [1.807, 2.05) is 58.0 Å². The SMILES string of the molecule is CC(C)NC(=O)C(=O)N1CCN(C(=O)C(C)(C)c2ccccc2)CC1. The number of carbonyl (C=O) groups excluding carboxylic acids is 3. The summed E-state index contributed by atoms with van der Waals surface area (Å²) < 4.78 is 0. The number of nitrogens with zero attached hydrogens (tertiary/aromatic N) is 2. The van der Waals surface area contributed by atoms with Crippen LogP contribution in [0.3, 0.4) is 0 Å².